The Kier molecular flexibility index (Phi) is 6.12. The number of nitrogens with one attached hydrogen (secondary N) is 2. The average Bonchev–Trinajstić information content (AvgIpc) is 3.48. The molecule has 0 bridgehead atoms. The molecule has 0 fully saturated rings. The lowest BCUT2D eigenvalue weighted by molar-refractivity contribution is 0.0940. The van der Waals surface area contributed by atoms with E-state index in [9.17, 15) is 17.6 Å². The van der Waals surface area contributed by atoms with E-state index in [0.29, 0.717) is 17.1 Å². The van der Waals surface area contributed by atoms with Crippen molar-refractivity contribution in [3.05, 3.63) is 83.2 Å². The van der Waals surface area contributed by atoms with Gasteiger partial charge in [0.05, 0.1) is 15.5 Å². The second-order valence-corrected chi connectivity index (χ2v) is 9.50. The van der Waals surface area contributed by atoms with Gasteiger partial charge in [0.25, 0.3) is 5.91 Å². The first-order valence-electron chi connectivity index (χ1n) is 9.45. The first-order valence-corrected chi connectivity index (χ1v) is 11.8. The summed E-state index contributed by atoms with van der Waals surface area (Å²) in [5.41, 5.74) is 1.15. The Morgan fingerprint density at radius 1 is 1.12 bits per heavy atom. The highest BCUT2D eigenvalue weighted by molar-refractivity contribution is 7.89. The number of aromatic nitrogens is 3. The van der Waals surface area contributed by atoms with E-state index in [2.05, 4.69) is 20.1 Å². The van der Waals surface area contributed by atoms with Crippen LogP contribution in [0.4, 0.5) is 4.39 Å². The minimum absolute atomic E-state index is 0.0629. The minimum atomic E-state index is -3.53. The lowest BCUT2D eigenvalue weighted by Gasteiger charge is -2.05. The van der Waals surface area contributed by atoms with Crippen LogP contribution >= 0.6 is 11.3 Å². The van der Waals surface area contributed by atoms with Gasteiger partial charge in [0.1, 0.15) is 5.82 Å². The van der Waals surface area contributed by atoms with Gasteiger partial charge in [0.15, 0.2) is 5.82 Å². The molecule has 0 aliphatic heterocycles. The monoisotopic (exact) mass is 471 g/mol. The van der Waals surface area contributed by atoms with E-state index in [1.165, 1.54) is 47.3 Å². The molecule has 0 spiro atoms. The Bertz CT molecular complexity index is 1350. The van der Waals surface area contributed by atoms with Crippen LogP contribution in [0.15, 0.2) is 70.9 Å². The number of carbonyl (C=O) groups excluding carboxylic acids is 1. The molecule has 164 valence electrons. The van der Waals surface area contributed by atoms with E-state index < -0.39 is 21.7 Å². The fourth-order valence-corrected chi connectivity index (χ4v) is 4.36. The van der Waals surface area contributed by atoms with E-state index in [1.807, 2.05) is 17.5 Å². The number of thiophene rings is 1. The molecule has 11 heteroatoms. The summed E-state index contributed by atoms with van der Waals surface area (Å²) in [7, 11) is -2.19. The molecular formula is C21H18FN5O3S2. The summed E-state index contributed by atoms with van der Waals surface area (Å²) in [6, 6.07) is 15.7. The van der Waals surface area contributed by atoms with Crippen molar-refractivity contribution in [1.82, 2.24) is 24.8 Å². The van der Waals surface area contributed by atoms with Crippen LogP contribution in [0.2, 0.25) is 0 Å². The zero-order chi connectivity index (χ0) is 22.7. The molecule has 2 N–H and O–H groups in total. The zero-order valence-electron chi connectivity index (χ0n) is 16.8. The van der Waals surface area contributed by atoms with Crippen LogP contribution in [0, 0.1) is 5.82 Å². The Morgan fingerprint density at radius 3 is 2.56 bits per heavy atom. The third-order valence-electron chi connectivity index (χ3n) is 4.56. The van der Waals surface area contributed by atoms with Crippen molar-refractivity contribution in [2.75, 3.05) is 7.05 Å². The topological polar surface area (TPSA) is 106 Å². The highest BCUT2D eigenvalue weighted by Crippen LogP contribution is 2.25. The molecular weight excluding hydrogens is 453 g/mol. The van der Waals surface area contributed by atoms with Crippen molar-refractivity contribution in [3.63, 3.8) is 0 Å². The van der Waals surface area contributed by atoms with Gasteiger partial charge in [-0.25, -0.2) is 27.2 Å². The lowest BCUT2D eigenvalue weighted by atomic mass is 10.2. The van der Waals surface area contributed by atoms with Crippen molar-refractivity contribution in [2.24, 2.45) is 0 Å². The molecule has 0 aliphatic rings. The Hall–Kier alpha value is -3.41. The highest BCUT2D eigenvalue weighted by Gasteiger charge is 2.19. The van der Waals surface area contributed by atoms with Crippen molar-refractivity contribution in [1.29, 1.82) is 0 Å². The van der Waals surface area contributed by atoms with Gasteiger partial charge in [-0.3, -0.25) is 4.79 Å². The number of hydrogen-bond acceptors (Lipinski definition) is 6. The van der Waals surface area contributed by atoms with E-state index >= 15 is 0 Å². The van der Waals surface area contributed by atoms with Gasteiger partial charge in [-0.05, 0) is 54.4 Å². The Morgan fingerprint density at radius 2 is 1.91 bits per heavy atom. The van der Waals surface area contributed by atoms with Gasteiger partial charge >= 0.3 is 0 Å². The van der Waals surface area contributed by atoms with Crippen molar-refractivity contribution in [2.45, 2.75) is 11.4 Å². The molecule has 0 saturated heterocycles. The van der Waals surface area contributed by atoms with E-state index in [0.717, 1.165) is 4.88 Å². The molecule has 8 nitrogen and oxygen atoms in total. The number of amides is 1. The number of hydrogen-bond donors (Lipinski definition) is 2. The minimum Gasteiger partial charge on any atom is -0.345 e. The Labute approximate surface area is 187 Å². The first kappa shape index (κ1) is 21.8. The normalized spacial score (nSPS) is 11.4. The van der Waals surface area contributed by atoms with Crippen LogP contribution in [0.1, 0.15) is 16.2 Å². The third-order valence-corrected chi connectivity index (χ3v) is 6.86. The van der Waals surface area contributed by atoms with Crippen molar-refractivity contribution < 1.29 is 17.6 Å². The van der Waals surface area contributed by atoms with Gasteiger partial charge in [0, 0.05) is 6.54 Å². The van der Waals surface area contributed by atoms with Gasteiger partial charge in [-0.2, -0.15) is 0 Å². The summed E-state index contributed by atoms with van der Waals surface area (Å²) in [5.74, 6) is -0.570. The summed E-state index contributed by atoms with van der Waals surface area (Å²) in [6.45, 7) is 0.154. The molecule has 0 aliphatic carbocycles. The summed E-state index contributed by atoms with van der Waals surface area (Å²) in [4.78, 5) is 18.0. The number of halogens is 1. The summed E-state index contributed by atoms with van der Waals surface area (Å²) < 4.78 is 41.0. The third kappa shape index (κ3) is 4.59. The highest BCUT2D eigenvalue weighted by atomic mass is 32.2. The molecule has 4 rings (SSSR count). The fourth-order valence-electron chi connectivity index (χ4n) is 2.93. The molecule has 0 saturated carbocycles. The number of nitrogens with zero attached hydrogens (tertiary/aromatic N) is 3. The van der Waals surface area contributed by atoms with Crippen LogP contribution in [0.25, 0.3) is 16.4 Å². The van der Waals surface area contributed by atoms with Crippen molar-refractivity contribution in [3.8, 4) is 16.4 Å². The summed E-state index contributed by atoms with van der Waals surface area (Å²) >= 11 is 1.43. The molecule has 0 atom stereocenters. The maximum atomic E-state index is 13.7. The van der Waals surface area contributed by atoms with E-state index in [4.69, 9.17) is 0 Å². The summed E-state index contributed by atoms with van der Waals surface area (Å²) in [6.07, 6.45) is 0. The number of sulfonamides is 1. The zero-order valence-corrected chi connectivity index (χ0v) is 18.5. The molecule has 2 heterocycles. The second-order valence-electron chi connectivity index (χ2n) is 6.66. The number of benzene rings is 2. The van der Waals surface area contributed by atoms with Gasteiger partial charge in [0.2, 0.25) is 15.8 Å². The number of carbonyl (C=O) groups is 1. The molecule has 4 aromatic rings. The predicted molar refractivity (Wildman–Crippen MR) is 118 cm³/mol. The first-order chi connectivity index (χ1) is 15.4. The van der Waals surface area contributed by atoms with E-state index in [1.54, 1.807) is 24.3 Å². The van der Waals surface area contributed by atoms with Crippen LogP contribution in [0.3, 0.4) is 0 Å². The quantitative estimate of drug-likeness (QED) is 0.431. The van der Waals surface area contributed by atoms with E-state index in [-0.39, 0.29) is 17.3 Å². The fraction of sp³-hybridized carbons (Fsp3) is 0.0952. The van der Waals surface area contributed by atoms with Crippen LogP contribution in [-0.4, -0.2) is 36.1 Å². The molecule has 0 unspecified atom stereocenters. The lowest BCUT2D eigenvalue weighted by Crippen LogP contribution is -2.24. The smallest absolute Gasteiger partial charge is 0.291 e. The van der Waals surface area contributed by atoms with Gasteiger partial charge in [-0.15, -0.1) is 16.4 Å². The largest absolute Gasteiger partial charge is 0.345 e. The molecule has 0 radical (unpaired) electrons. The summed E-state index contributed by atoms with van der Waals surface area (Å²) in [5, 5.41) is 8.89. The Balaban J connectivity index is 1.56. The average molecular weight is 472 g/mol. The van der Waals surface area contributed by atoms with Gasteiger partial charge < -0.3 is 5.32 Å². The predicted octanol–water partition coefficient (Wildman–Crippen LogP) is 2.97. The van der Waals surface area contributed by atoms with Crippen LogP contribution in [-0.2, 0) is 16.6 Å². The SMILES string of the molecule is CNS(=O)(=O)c1ccc(CNC(=O)c2nc(-c3cccs3)n(-c3cccc(F)c3)n2)cc1. The molecule has 2 aromatic heterocycles. The molecule has 2 aromatic carbocycles. The maximum Gasteiger partial charge on any atom is 0.291 e. The standard InChI is InChI=1S/C21H18FN5O3S2/c1-23-32(29,30)17-9-7-14(8-10-17)13-24-21(28)19-25-20(18-6-3-11-31-18)27(26-19)16-5-2-4-15(22)12-16/h2-12,23H,13H2,1H3,(H,24,28). The number of rotatable bonds is 7. The molecule has 1 amide bonds. The van der Waals surface area contributed by atoms with Crippen molar-refractivity contribution >= 4 is 27.3 Å². The molecule has 32 heavy (non-hydrogen) atoms. The van der Waals surface area contributed by atoms with Gasteiger partial charge in [-0.1, -0.05) is 24.3 Å². The maximum absolute atomic E-state index is 13.7. The second kappa shape index (κ2) is 8.99. The van der Waals surface area contributed by atoms with Crippen LogP contribution < -0.4 is 10.0 Å². The van der Waals surface area contributed by atoms with Crippen LogP contribution in [0.5, 0.6) is 0 Å².